The van der Waals surface area contributed by atoms with Crippen molar-refractivity contribution in [1.29, 1.82) is 0 Å². The predicted molar refractivity (Wildman–Crippen MR) is 117 cm³/mol. The quantitative estimate of drug-likeness (QED) is 0.559. The number of aromatic nitrogens is 1. The molecule has 0 bridgehead atoms. The topological polar surface area (TPSA) is 54.9 Å². The van der Waals surface area contributed by atoms with Gasteiger partial charge in [0.05, 0.1) is 37.0 Å². The van der Waals surface area contributed by atoms with Crippen molar-refractivity contribution >= 4 is 27.5 Å². The molecule has 1 aromatic heterocycles. The Labute approximate surface area is 175 Å². The lowest BCUT2D eigenvalue weighted by Gasteiger charge is -2.26. The Bertz CT molecular complexity index is 955. The van der Waals surface area contributed by atoms with E-state index in [-0.39, 0.29) is 11.9 Å². The van der Waals surface area contributed by atoms with E-state index in [0.717, 1.165) is 20.8 Å². The molecule has 6 nitrogen and oxygen atoms in total. The number of benzene rings is 2. The van der Waals surface area contributed by atoms with Gasteiger partial charge < -0.3 is 14.4 Å². The third kappa shape index (κ3) is 4.68. The van der Waals surface area contributed by atoms with Gasteiger partial charge in [-0.25, -0.2) is 4.98 Å². The van der Waals surface area contributed by atoms with Gasteiger partial charge in [-0.2, -0.15) is 0 Å². The maximum Gasteiger partial charge on any atom is 0.237 e. The van der Waals surface area contributed by atoms with Gasteiger partial charge >= 0.3 is 0 Å². The van der Waals surface area contributed by atoms with Crippen molar-refractivity contribution in [2.24, 2.45) is 0 Å². The number of rotatable bonds is 8. The van der Waals surface area contributed by atoms with E-state index in [9.17, 15) is 4.79 Å². The number of fused-ring (bicyclic) bond motifs is 1. The normalized spacial score (nSPS) is 12.2. The van der Waals surface area contributed by atoms with E-state index in [1.807, 2.05) is 62.3 Å². The number of likely N-dealkylation sites (N-methyl/N-ethyl adjacent to an activating group) is 2. The van der Waals surface area contributed by atoms with Crippen LogP contribution >= 0.6 is 11.3 Å². The maximum atomic E-state index is 12.9. The van der Waals surface area contributed by atoms with Crippen LogP contribution in [0.25, 0.3) is 10.2 Å². The number of amides is 1. The summed E-state index contributed by atoms with van der Waals surface area (Å²) in [6, 6.07) is 13.7. The van der Waals surface area contributed by atoms with Crippen LogP contribution in [0.5, 0.6) is 11.5 Å². The first-order valence-electron chi connectivity index (χ1n) is 9.44. The molecule has 7 heteroatoms. The molecular weight excluding hydrogens is 386 g/mol. The maximum absolute atomic E-state index is 12.9. The molecule has 29 heavy (non-hydrogen) atoms. The van der Waals surface area contributed by atoms with Crippen molar-refractivity contribution < 1.29 is 14.3 Å². The summed E-state index contributed by atoms with van der Waals surface area (Å²) in [5.41, 5.74) is 1.95. The molecule has 0 aliphatic rings. The summed E-state index contributed by atoms with van der Waals surface area (Å²) in [5, 5.41) is 0.944. The fourth-order valence-corrected chi connectivity index (χ4v) is 4.28. The van der Waals surface area contributed by atoms with Crippen molar-refractivity contribution in [2.75, 3.05) is 34.9 Å². The highest BCUT2D eigenvalue weighted by Crippen LogP contribution is 2.32. The van der Waals surface area contributed by atoms with E-state index >= 15 is 0 Å². The highest BCUT2D eigenvalue weighted by atomic mass is 32.1. The standard InChI is InChI=1S/C22H27N3O3S/c1-15(22-23-17-10-6-7-12-19(17)29-22)25(3)20(26)14-24(2)13-16-9-8-11-18(27-4)21(16)28-5/h6-12,15H,13-14H2,1-5H3/t15-/m1/s1. The summed E-state index contributed by atoms with van der Waals surface area (Å²) in [5.74, 6) is 1.43. The molecule has 3 rings (SSSR count). The van der Waals surface area contributed by atoms with Gasteiger partial charge in [-0.3, -0.25) is 9.69 Å². The zero-order chi connectivity index (χ0) is 21.0. The Kier molecular flexibility index (Phi) is 6.71. The number of methoxy groups -OCH3 is 2. The molecule has 0 unspecified atom stereocenters. The zero-order valence-corrected chi connectivity index (χ0v) is 18.3. The largest absolute Gasteiger partial charge is 0.493 e. The van der Waals surface area contributed by atoms with E-state index in [0.29, 0.717) is 24.6 Å². The third-order valence-corrected chi connectivity index (χ3v) is 6.18. The van der Waals surface area contributed by atoms with E-state index in [2.05, 4.69) is 11.1 Å². The molecular formula is C22H27N3O3S. The van der Waals surface area contributed by atoms with E-state index in [4.69, 9.17) is 9.47 Å². The lowest BCUT2D eigenvalue weighted by Crippen LogP contribution is -2.37. The first-order valence-corrected chi connectivity index (χ1v) is 10.3. The monoisotopic (exact) mass is 413 g/mol. The van der Waals surface area contributed by atoms with Crippen LogP contribution in [0.3, 0.4) is 0 Å². The first kappa shape index (κ1) is 21.1. The van der Waals surface area contributed by atoms with Gasteiger partial charge in [-0.15, -0.1) is 11.3 Å². The smallest absolute Gasteiger partial charge is 0.237 e. The Morgan fingerprint density at radius 2 is 1.86 bits per heavy atom. The van der Waals surface area contributed by atoms with Gasteiger partial charge in [-0.05, 0) is 32.2 Å². The number of hydrogen-bond donors (Lipinski definition) is 0. The summed E-state index contributed by atoms with van der Waals surface area (Å²) in [6.45, 7) is 2.89. The molecule has 1 heterocycles. The average Bonchev–Trinajstić information content (AvgIpc) is 3.16. The number of carbonyl (C=O) groups excluding carboxylic acids is 1. The Balaban J connectivity index is 1.66. The molecule has 0 saturated carbocycles. The van der Waals surface area contributed by atoms with E-state index in [1.165, 1.54) is 0 Å². The second kappa shape index (κ2) is 9.24. The number of nitrogens with zero attached hydrogens (tertiary/aromatic N) is 3. The van der Waals surface area contributed by atoms with E-state index in [1.54, 1.807) is 30.5 Å². The van der Waals surface area contributed by atoms with Crippen LogP contribution in [0.4, 0.5) is 0 Å². The number of hydrogen-bond acceptors (Lipinski definition) is 6. The molecule has 1 atom stereocenters. The molecule has 0 radical (unpaired) electrons. The highest BCUT2D eigenvalue weighted by molar-refractivity contribution is 7.18. The van der Waals surface area contributed by atoms with Crippen LogP contribution in [0, 0.1) is 0 Å². The second-order valence-corrected chi connectivity index (χ2v) is 8.09. The predicted octanol–water partition coefficient (Wildman–Crippen LogP) is 3.96. The molecule has 0 spiro atoms. The summed E-state index contributed by atoms with van der Waals surface area (Å²) in [6.07, 6.45) is 0. The van der Waals surface area contributed by atoms with Crippen LogP contribution in [0.2, 0.25) is 0 Å². The molecule has 2 aromatic carbocycles. The Morgan fingerprint density at radius 3 is 2.55 bits per heavy atom. The molecule has 154 valence electrons. The number of carbonyl (C=O) groups is 1. The van der Waals surface area contributed by atoms with Crippen LogP contribution in [0.1, 0.15) is 23.5 Å². The van der Waals surface area contributed by atoms with Gasteiger partial charge in [0, 0.05) is 19.2 Å². The fraction of sp³-hybridized carbons (Fsp3) is 0.364. The van der Waals surface area contributed by atoms with Crippen LogP contribution in [0.15, 0.2) is 42.5 Å². The minimum Gasteiger partial charge on any atom is -0.493 e. The average molecular weight is 414 g/mol. The second-order valence-electron chi connectivity index (χ2n) is 7.03. The number of ether oxygens (including phenoxy) is 2. The lowest BCUT2D eigenvalue weighted by atomic mass is 10.1. The minimum absolute atomic E-state index is 0.0427. The first-order chi connectivity index (χ1) is 13.9. The fourth-order valence-electron chi connectivity index (χ4n) is 3.22. The van der Waals surface area contributed by atoms with Gasteiger partial charge in [0.1, 0.15) is 5.01 Å². The molecule has 0 fully saturated rings. The van der Waals surface area contributed by atoms with Crippen LogP contribution < -0.4 is 9.47 Å². The summed E-state index contributed by atoms with van der Waals surface area (Å²) in [4.78, 5) is 21.3. The molecule has 1 amide bonds. The van der Waals surface area contributed by atoms with Gasteiger partial charge in [0.25, 0.3) is 0 Å². The minimum atomic E-state index is -0.0837. The van der Waals surface area contributed by atoms with Crippen molar-refractivity contribution in [3.8, 4) is 11.5 Å². The van der Waals surface area contributed by atoms with Crippen molar-refractivity contribution in [3.63, 3.8) is 0 Å². The molecule has 0 N–H and O–H groups in total. The van der Waals surface area contributed by atoms with Crippen LogP contribution in [-0.4, -0.2) is 55.6 Å². The van der Waals surface area contributed by atoms with Gasteiger partial charge in [0.2, 0.25) is 5.91 Å². The third-order valence-electron chi connectivity index (χ3n) is 4.97. The summed E-state index contributed by atoms with van der Waals surface area (Å²) < 4.78 is 12.0. The SMILES string of the molecule is COc1cccc(CN(C)CC(=O)N(C)[C@H](C)c2nc3ccccc3s2)c1OC. The lowest BCUT2D eigenvalue weighted by molar-refractivity contribution is -0.132. The number of para-hydroxylation sites is 2. The van der Waals surface area contributed by atoms with Crippen LogP contribution in [-0.2, 0) is 11.3 Å². The molecule has 3 aromatic rings. The van der Waals surface area contributed by atoms with Crippen molar-refractivity contribution in [1.82, 2.24) is 14.8 Å². The summed E-state index contributed by atoms with van der Waals surface area (Å²) >= 11 is 1.63. The zero-order valence-electron chi connectivity index (χ0n) is 17.5. The highest BCUT2D eigenvalue weighted by Gasteiger charge is 2.22. The van der Waals surface area contributed by atoms with E-state index < -0.39 is 0 Å². The molecule has 0 aliphatic carbocycles. The van der Waals surface area contributed by atoms with Gasteiger partial charge in [-0.1, -0.05) is 24.3 Å². The Hall–Kier alpha value is -2.64. The van der Waals surface area contributed by atoms with Gasteiger partial charge in [0.15, 0.2) is 11.5 Å². The van der Waals surface area contributed by atoms with Crippen molar-refractivity contribution in [3.05, 3.63) is 53.0 Å². The Morgan fingerprint density at radius 1 is 1.10 bits per heavy atom. The van der Waals surface area contributed by atoms with Crippen molar-refractivity contribution in [2.45, 2.75) is 19.5 Å². The number of thiazole rings is 1. The molecule has 0 saturated heterocycles. The molecule has 0 aliphatic heterocycles. The summed E-state index contributed by atoms with van der Waals surface area (Å²) in [7, 11) is 7.00.